The molecule has 2 amide bonds. The molecule has 0 bridgehead atoms. The first-order valence-electron chi connectivity index (χ1n) is 19.6. The predicted molar refractivity (Wildman–Crippen MR) is 207 cm³/mol. The molecule has 3 N–H and O–H groups in total. The molecule has 2 saturated heterocycles. The van der Waals surface area contributed by atoms with Gasteiger partial charge >= 0.3 is 6.09 Å². The van der Waals surface area contributed by atoms with Crippen LogP contribution in [0.2, 0.25) is 0 Å². The number of piperazine rings is 1. The summed E-state index contributed by atoms with van der Waals surface area (Å²) in [4.78, 5) is 41.3. The number of rotatable bonds is 9. The number of nitrogens with one attached hydrogen (secondary N) is 2. The van der Waals surface area contributed by atoms with Crippen LogP contribution in [0.25, 0.3) is 0 Å². The lowest BCUT2D eigenvalue weighted by atomic mass is 9.78. The van der Waals surface area contributed by atoms with Crippen molar-refractivity contribution < 1.29 is 23.1 Å². The maximum atomic E-state index is 13.6. The Morgan fingerprint density at radius 2 is 1.66 bits per heavy atom. The summed E-state index contributed by atoms with van der Waals surface area (Å²) < 4.78 is 30.3. The van der Waals surface area contributed by atoms with E-state index in [0.717, 1.165) is 57.8 Å². The molecule has 14 heteroatoms. The van der Waals surface area contributed by atoms with Gasteiger partial charge in [-0.15, -0.1) is 0 Å². The summed E-state index contributed by atoms with van der Waals surface area (Å²) in [6.45, 7) is 14.2. The molecule has 2 aliphatic carbocycles. The number of carbonyl (C=O) groups excluding carboxylic acids is 1. The maximum Gasteiger partial charge on any atom is 0.407 e. The standard InChI is InChI=1S/C39H58N8O5S/c1-26-37(48)43(5)33-15-16-35(41-36(33)47(26)31-17-18-46(38(49)50)34(24-31)39(2,3)4)40-29-7-6-8-32(23-29)53(51,52)42-28-11-13-30(14-12-28)45-21-19-44(20-22-45)25-27-9-10-27/h6-8,15-16,23,26-28,30-31,34,42H,9-14,17-22,24-25H2,1-5H3,(H,40,41)(H,49,50)/t26-,28-,30-,31?,34?/m1/s1. The number of benzene rings is 1. The van der Waals surface area contributed by atoms with E-state index < -0.39 is 22.2 Å². The van der Waals surface area contributed by atoms with Crippen LogP contribution in [0.4, 0.5) is 27.8 Å². The molecule has 290 valence electrons. The van der Waals surface area contributed by atoms with Gasteiger partial charge in [-0.05, 0) is 100.0 Å². The van der Waals surface area contributed by atoms with E-state index in [-0.39, 0.29) is 34.3 Å². The number of piperidine rings is 1. The lowest BCUT2D eigenvalue weighted by Crippen LogP contribution is -2.61. The monoisotopic (exact) mass is 750 g/mol. The maximum absolute atomic E-state index is 13.6. The Morgan fingerprint density at radius 3 is 2.32 bits per heavy atom. The summed E-state index contributed by atoms with van der Waals surface area (Å²) in [6, 6.07) is 10.1. The molecule has 2 aromatic rings. The number of aromatic nitrogens is 1. The van der Waals surface area contributed by atoms with Crippen molar-refractivity contribution in [1.29, 1.82) is 0 Å². The van der Waals surface area contributed by atoms with Crippen molar-refractivity contribution in [2.24, 2.45) is 11.3 Å². The molecule has 1 aromatic heterocycles. The third kappa shape index (κ3) is 8.30. The smallest absolute Gasteiger partial charge is 0.407 e. The van der Waals surface area contributed by atoms with Crippen LogP contribution in [-0.2, 0) is 14.8 Å². The van der Waals surface area contributed by atoms with Crippen molar-refractivity contribution in [3.05, 3.63) is 36.4 Å². The van der Waals surface area contributed by atoms with Crippen LogP contribution in [0.5, 0.6) is 0 Å². The number of nitrogens with zero attached hydrogens (tertiary/aromatic N) is 6. The van der Waals surface area contributed by atoms with Gasteiger partial charge in [-0.25, -0.2) is 22.9 Å². The van der Waals surface area contributed by atoms with Crippen LogP contribution in [0, 0.1) is 11.3 Å². The van der Waals surface area contributed by atoms with Gasteiger partial charge in [0.2, 0.25) is 15.9 Å². The third-order valence-electron chi connectivity index (χ3n) is 12.4. The average molecular weight is 751 g/mol. The van der Waals surface area contributed by atoms with Gasteiger partial charge in [-0.3, -0.25) is 9.69 Å². The zero-order chi connectivity index (χ0) is 37.7. The van der Waals surface area contributed by atoms with E-state index in [0.29, 0.717) is 48.4 Å². The summed E-state index contributed by atoms with van der Waals surface area (Å²) in [5.41, 5.74) is 0.978. The lowest BCUT2D eigenvalue weighted by molar-refractivity contribution is -0.119. The van der Waals surface area contributed by atoms with Crippen LogP contribution in [0.3, 0.4) is 0 Å². The van der Waals surface area contributed by atoms with E-state index in [1.165, 1.54) is 24.3 Å². The van der Waals surface area contributed by atoms with E-state index in [4.69, 9.17) is 4.98 Å². The quantitative estimate of drug-likeness (QED) is 0.315. The summed E-state index contributed by atoms with van der Waals surface area (Å²) in [7, 11) is -2.00. The van der Waals surface area contributed by atoms with Gasteiger partial charge < -0.3 is 30.0 Å². The molecule has 2 saturated carbocycles. The second-order valence-corrected chi connectivity index (χ2v) is 18.8. The normalized spacial score (nSPS) is 27.8. The number of anilines is 4. The fourth-order valence-corrected chi connectivity index (χ4v) is 10.5. The summed E-state index contributed by atoms with van der Waals surface area (Å²) in [5, 5.41) is 13.3. The minimum absolute atomic E-state index is 0.0474. The minimum atomic E-state index is -3.75. The van der Waals surface area contributed by atoms with E-state index in [1.54, 1.807) is 36.2 Å². The topological polar surface area (TPSA) is 142 Å². The Bertz CT molecular complexity index is 1760. The summed E-state index contributed by atoms with van der Waals surface area (Å²) >= 11 is 0. The van der Waals surface area contributed by atoms with Crippen molar-refractivity contribution in [3.8, 4) is 0 Å². The lowest BCUT2D eigenvalue weighted by Gasteiger charge is -2.50. The van der Waals surface area contributed by atoms with Crippen LogP contribution in [-0.4, -0.2) is 122 Å². The fourth-order valence-electron chi connectivity index (χ4n) is 9.11. The molecule has 4 heterocycles. The SMILES string of the molecule is C[C@@H]1C(=O)N(C)c2ccc(Nc3cccc(S(=O)(=O)N[C@H]4CC[C@H](N5CCN(CC6CC6)CC5)CC4)c3)nc2N1C1CCN(C(=O)O)C(C(C)(C)C)C1. The number of likely N-dealkylation sites (tertiary alicyclic amines) is 1. The van der Waals surface area contributed by atoms with E-state index >= 15 is 0 Å². The first-order chi connectivity index (χ1) is 25.2. The molecular formula is C39H58N8O5S. The van der Waals surface area contributed by atoms with Gasteiger partial charge in [0.25, 0.3) is 0 Å². The molecule has 5 aliphatic rings. The first kappa shape index (κ1) is 37.8. The highest BCUT2D eigenvalue weighted by Crippen LogP contribution is 2.41. The summed E-state index contributed by atoms with van der Waals surface area (Å²) in [6.07, 6.45) is 6.69. The van der Waals surface area contributed by atoms with Crippen LogP contribution < -0.4 is 19.8 Å². The largest absolute Gasteiger partial charge is 0.465 e. The molecule has 0 spiro atoms. The molecule has 4 fully saturated rings. The van der Waals surface area contributed by atoms with E-state index in [2.05, 4.69) is 45.5 Å². The van der Waals surface area contributed by atoms with E-state index in [1.807, 2.05) is 19.1 Å². The highest BCUT2D eigenvalue weighted by molar-refractivity contribution is 7.89. The average Bonchev–Trinajstić information content (AvgIpc) is 3.95. The molecule has 3 atom stereocenters. The molecule has 13 nitrogen and oxygen atoms in total. The van der Waals surface area contributed by atoms with Crippen molar-refractivity contribution in [3.63, 3.8) is 0 Å². The van der Waals surface area contributed by atoms with Crippen molar-refractivity contribution in [2.75, 3.05) is 61.4 Å². The molecular weight excluding hydrogens is 693 g/mol. The first-order valence-corrected chi connectivity index (χ1v) is 21.1. The third-order valence-corrected chi connectivity index (χ3v) is 13.9. The molecule has 7 rings (SSSR count). The van der Waals surface area contributed by atoms with Gasteiger partial charge in [0.1, 0.15) is 11.9 Å². The zero-order valence-electron chi connectivity index (χ0n) is 32.0. The van der Waals surface area contributed by atoms with Crippen LogP contribution in [0.1, 0.15) is 79.1 Å². The molecule has 53 heavy (non-hydrogen) atoms. The number of amides is 2. The van der Waals surface area contributed by atoms with Gasteiger partial charge in [0, 0.05) is 76.2 Å². The number of pyridine rings is 1. The van der Waals surface area contributed by atoms with Crippen molar-refractivity contribution in [1.82, 2.24) is 24.4 Å². The Morgan fingerprint density at radius 1 is 0.943 bits per heavy atom. The van der Waals surface area contributed by atoms with E-state index in [9.17, 15) is 23.1 Å². The molecule has 2 unspecified atom stereocenters. The summed E-state index contributed by atoms with van der Waals surface area (Å²) in [5.74, 6) is 2.05. The van der Waals surface area contributed by atoms with Gasteiger partial charge in [-0.1, -0.05) is 26.8 Å². The fraction of sp³-hybridized carbons (Fsp3) is 0.667. The number of carboxylic acid groups (broad SMARTS) is 1. The number of hydrogen-bond donors (Lipinski definition) is 3. The molecule has 1 aromatic carbocycles. The van der Waals surface area contributed by atoms with Crippen molar-refractivity contribution in [2.45, 2.75) is 114 Å². The second kappa shape index (κ2) is 15.0. The molecule has 3 aliphatic heterocycles. The Kier molecular flexibility index (Phi) is 10.7. The number of likely N-dealkylation sites (N-methyl/N-ethyl adjacent to an activating group) is 1. The predicted octanol–water partition coefficient (Wildman–Crippen LogP) is 5.17. The number of hydrogen-bond acceptors (Lipinski definition) is 9. The van der Waals surface area contributed by atoms with Crippen molar-refractivity contribution >= 4 is 45.0 Å². The zero-order valence-corrected chi connectivity index (χ0v) is 32.8. The molecule has 0 radical (unpaired) electrons. The van der Waals surface area contributed by atoms with Gasteiger partial charge in [-0.2, -0.15) is 0 Å². The number of sulfonamides is 1. The number of fused-ring (bicyclic) bond motifs is 1. The van der Waals surface area contributed by atoms with Gasteiger partial charge in [0.05, 0.1) is 10.6 Å². The Hall–Kier alpha value is -3.46. The second-order valence-electron chi connectivity index (χ2n) is 17.1. The van der Waals surface area contributed by atoms with Gasteiger partial charge in [0.15, 0.2) is 5.82 Å². The van der Waals surface area contributed by atoms with Crippen LogP contribution >= 0.6 is 0 Å². The highest BCUT2D eigenvalue weighted by atomic mass is 32.2. The Labute approximate surface area is 315 Å². The highest BCUT2D eigenvalue weighted by Gasteiger charge is 2.45. The minimum Gasteiger partial charge on any atom is -0.465 e. The Balaban J connectivity index is 1.01. The number of carbonyl (C=O) groups is 2. The van der Waals surface area contributed by atoms with Crippen LogP contribution in [0.15, 0.2) is 41.3 Å².